The summed E-state index contributed by atoms with van der Waals surface area (Å²) in [7, 11) is 0. The van der Waals surface area contributed by atoms with Crippen LogP contribution in [0.3, 0.4) is 0 Å². The first-order valence-electron chi connectivity index (χ1n) is 5.61. The predicted octanol–water partition coefficient (Wildman–Crippen LogP) is 4.37. The minimum atomic E-state index is -0.468. The van der Waals surface area contributed by atoms with E-state index in [9.17, 15) is 10.1 Å². The first-order valence-corrected chi connectivity index (χ1v) is 7.20. The fourth-order valence-corrected chi connectivity index (χ4v) is 2.26. The van der Waals surface area contributed by atoms with Crippen molar-refractivity contribution in [2.24, 2.45) is 5.73 Å². The van der Waals surface area contributed by atoms with Crippen molar-refractivity contribution in [2.45, 2.75) is 6.54 Å². The summed E-state index contributed by atoms with van der Waals surface area (Å²) in [4.78, 5) is 10.3. The molecule has 20 heavy (non-hydrogen) atoms. The molecule has 0 unspecified atom stereocenters. The van der Waals surface area contributed by atoms with E-state index >= 15 is 0 Å². The third-order valence-electron chi connectivity index (χ3n) is 2.59. The van der Waals surface area contributed by atoms with Crippen LogP contribution in [0, 0.1) is 10.1 Å². The summed E-state index contributed by atoms with van der Waals surface area (Å²) >= 11 is 6.67. The Bertz CT molecular complexity index is 662. The quantitative estimate of drug-likeness (QED) is 0.609. The molecular weight excluding hydrogens is 392 g/mol. The zero-order chi connectivity index (χ0) is 14.7. The fourth-order valence-electron chi connectivity index (χ4n) is 1.59. The Balaban J connectivity index is 2.41. The summed E-state index contributed by atoms with van der Waals surface area (Å²) in [5.41, 5.74) is 6.43. The molecule has 5 nitrogen and oxygen atoms in total. The summed E-state index contributed by atoms with van der Waals surface area (Å²) < 4.78 is 7.21. The van der Waals surface area contributed by atoms with Gasteiger partial charge in [-0.1, -0.05) is 22.0 Å². The van der Waals surface area contributed by atoms with E-state index in [-0.39, 0.29) is 5.69 Å². The number of nitrogens with zero attached hydrogens (tertiary/aromatic N) is 1. The molecule has 0 aliphatic rings. The van der Waals surface area contributed by atoms with E-state index in [1.165, 1.54) is 12.1 Å². The van der Waals surface area contributed by atoms with Crippen molar-refractivity contribution in [2.75, 3.05) is 0 Å². The van der Waals surface area contributed by atoms with Crippen LogP contribution < -0.4 is 10.5 Å². The number of non-ortho nitro benzene ring substituents is 1. The Hall–Kier alpha value is -1.44. The number of benzene rings is 2. The van der Waals surface area contributed by atoms with Crippen molar-refractivity contribution in [3.05, 3.63) is 61.0 Å². The van der Waals surface area contributed by atoms with E-state index in [0.29, 0.717) is 22.5 Å². The summed E-state index contributed by atoms with van der Waals surface area (Å²) in [6, 6.07) is 9.82. The third-order valence-corrected chi connectivity index (χ3v) is 3.74. The highest BCUT2D eigenvalue weighted by Gasteiger charge is 2.13. The van der Waals surface area contributed by atoms with Gasteiger partial charge in [0.15, 0.2) is 0 Å². The van der Waals surface area contributed by atoms with E-state index in [2.05, 4.69) is 31.9 Å². The molecule has 0 amide bonds. The Morgan fingerprint density at radius 2 is 1.90 bits per heavy atom. The molecule has 2 rings (SSSR count). The van der Waals surface area contributed by atoms with E-state index in [1.54, 1.807) is 12.1 Å². The van der Waals surface area contributed by atoms with Gasteiger partial charge in [0.25, 0.3) is 5.69 Å². The van der Waals surface area contributed by atoms with E-state index in [0.717, 1.165) is 10.0 Å². The van der Waals surface area contributed by atoms with Crippen LogP contribution in [-0.2, 0) is 6.54 Å². The smallest absolute Gasteiger partial charge is 0.273 e. The lowest BCUT2D eigenvalue weighted by Gasteiger charge is -2.11. The van der Waals surface area contributed by atoms with Gasteiger partial charge in [-0.25, -0.2) is 0 Å². The van der Waals surface area contributed by atoms with Crippen LogP contribution in [0.2, 0.25) is 0 Å². The molecule has 7 heteroatoms. The van der Waals surface area contributed by atoms with Gasteiger partial charge in [-0.2, -0.15) is 0 Å². The van der Waals surface area contributed by atoms with Gasteiger partial charge in [-0.05, 0) is 34.1 Å². The summed E-state index contributed by atoms with van der Waals surface area (Å²) in [5, 5.41) is 10.8. The van der Waals surface area contributed by atoms with Crippen LogP contribution in [0.15, 0.2) is 45.3 Å². The van der Waals surface area contributed by atoms with Crippen molar-refractivity contribution in [1.29, 1.82) is 0 Å². The maximum Gasteiger partial charge on any atom is 0.273 e. The van der Waals surface area contributed by atoms with Gasteiger partial charge in [-0.3, -0.25) is 10.1 Å². The molecule has 0 bridgehead atoms. The summed E-state index contributed by atoms with van der Waals surface area (Å²) in [5.74, 6) is 0.926. The molecular formula is C13H10Br2N2O3. The average Bonchev–Trinajstić information content (AvgIpc) is 2.41. The van der Waals surface area contributed by atoms with Crippen LogP contribution in [0.1, 0.15) is 5.56 Å². The number of nitro groups is 1. The predicted molar refractivity (Wildman–Crippen MR) is 82.9 cm³/mol. The molecule has 0 atom stereocenters. The van der Waals surface area contributed by atoms with Crippen molar-refractivity contribution in [3.8, 4) is 11.5 Å². The van der Waals surface area contributed by atoms with Crippen LogP contribution >= 0.6 is 31.9 Å². The van der Waals surface area contributed by atoms with Gasteiger partial charge >= 0.3 is 0 Å². The van der Waals surface area contributed by atoms with Gasteiger partial charge in [0.05, 0.1) is 15.5 Å². The number of ether oxygens (including phenoxy) is 1. The molecule has 2 aromatic carbocycles. The largest absolute Gasteiger partial charge is 0.456 e. The van der Waals surface area contributed by atoms with Crippen LogP contribution in [0.25, 0.3) is 0 Å². The van der Waals surface area contributed by atoms with Crippen molar-refractivity contribution >= 4 is 37.5 Å². The zero-order valence-electron chi connectivity index (χ0n) is 10.2. The molecule has 0 aliphatic heterocycles. The Morgan fingerprint density at radius 3 is 2.55 bits per heavy atom. The molecule has 0 fully saturated rings. The number of hydrogen-bond acceptors (Lipinski definition) is 4. The van der Waals surface area contributed by atoms with Gasteiger partial charge in [0.2, 0.25) is 0 Å². The second-order valence-corrected chi connectivity index (χ2v) is 5.70. The maximum absolute atomic E-state index is 10.8. The number of halogens is 2. The van der Waals surface area contributed by atoms with E-state index in [1.807, 2.05) is 12.1 Å². The molecule has 0 saturated carbocycles. The number of hydrogen-bond donors (Lipinski definition) is 1. The van der Waals surface area contributed by atoms with Gasteiger partial charge in [0.1, 0.15) is 11.5 Å². The molecule has 0 aromatic heterocycles. The summed E-state index contributed by atoms with van der Waals surface area (Å²) in [6.07, 6.45) is 0. The van der Waals surface area contributed by atoms with Crippen LogP contribution in [0.5, 0.6) is 11.5 Å². The molecule has 0 aliphatic carbocycles. The van der Waals surface area contributed by atoms with Crippen molar-refractivity contribution in [3.63, 3.8) is 0 Å². The first kappa shape index (κ1) is 15.0. The summed E-state index contributed by atoms with van der Waals surface area (Å²) in [6.45, 7) is 0.315. The third kappa shape index (κ3) is 3.36. The first-order chi connectivity index (χ1) is 9.51. The monoisotopic (exact) mass is 400 g/mol. The maximum atomic E-state index is 10.8. The van der Waals surface area contributed by atoms with E-state index < -0.39 is 4.92 Å². The standard InChI is InChI=1S/C13H10Br2N2O3/c14-9-2-1-8(7-16)12(5-9)20-13-6-10(17(18)19)3-4-11(13)15/h1-6H,7,16H2. The highest BCUT2D eigenvalue weighted by Crippen LogP contribution is 2.35. The van der Waals surface area contributed by atoms with Crippen LogP contribution in [0.4, 0.5) is 5.69 Å². The number of nitrogens with two attached hydrogens (primary N) is 1. The highest BCUT2D eigenvalue weighted by atomic mass is 79.9. The van der Waals surface area contributed by atoms with Gasteiger partial charge < -0.3 is 10.5 Å². The van der Waals surface area contributed by atoms with Crippen molar-refractivity contribution < 1.29 is 9.66 Å². The Kier molecular flexibility index (Phi) is 4.74. The molecule has 104 valence electrons. The Morgan fingerprint density at radius 1 is 1.15 bits per heavy atom. The molecule has 2 N–H and O–H groups in total. The highest BCUT2D eigenvalue weighted by molar-refractivity contribution is 9.10. The minimum Gasteiger partial charge on any atom is -0.456 e. The van der Waals surface area contributed by atoms with E-state index in [4.69, 9.17) is 10.5 Å². The average molecular weight is 402 g/mol. The lowest BCUT2D eigenvalue weighted by Crippen LogP contribution is -2.00. The Labute approximate surface area is 132 Å². The van der Waals surface area contributed by atoms with Gasteiger partial charge in [0, 0.05) is 22.6 Å². The molecule has 2 aromatic rings. The normalized spacial score (nSPS) is 10.3. The second-order valence-electron chi connectivity index (χ2n) is 3.93. The van der Waals surface area contributed by atoms with Gasteiger partial charge in [-0.15, -0.1) is 0 Å². The lowest BCUT2D eigenvalue weighted by molar-refractivity contribution is -0.384. The lowest BCUT2D eigenvalue weighted by atomic mass is 10.2. The minimum absolute atomic E-state index is 0.0347. The molecule has 0 spiro atoms. The zero-order valence-corrected chi connectivity index (χ0v) is 13.3. The van der Waals surface area contributed by atoms with Crippen LogP contribution in [-0.4, -0.2) is 4.92 Å². The topological polar surface area (TPSA) is 78.4 Å². The molecule has 0 heterocycles. The molecule has 0 radical (unpaired) electrons. The molecule has 0 saturated heterocycles. The van der Waals surface area contributed by atoms with Crippen molar-refractivity contribution in [1.82, 2.24) is 0 Å². The SMILES string of the molecule is NCc1ccc(Br)cc1Oc1cc([N+](=O)[O-])ccc1Br. The number of rotatable bonds is 4. The number of nitro benzene ring substituents is 1. The second kappa shape index (κ2) is 6.34. The fraction of sp³-hybridized carbons (Fsp3) is 0.0769.